The Labute approximate surface area is 128 Å². The zero-order valence-electron chi connectivity index (χ0n) is 11.3. The van der Waals surface area contributed by atoms with Gasteiger partial charge in [-0.1, -0.05) is 29.8 Å². The van der Waals surface area contributed by atoms with E-state index < -0.39 is 28.8 Å². The van der Waals surface area contributed by atoms with Gasteiger partial charge in [0.2, 0.25) is 0 Å². The zero-order valence-corrected chi connectivity index (χ0v) is 12.1. The topological polar surface area (TPSA) is 48.0 Å². The number of aryl methyl sites for hydroxylation is 1. The lowest BCUT2D eigenvalue weighted by molar-refractivity contribution is 0.503. The van der Waals surface area contributed by atoms with Crippen molar-refractivity contribution in [1.82, 2.24) is 9.78 Å². The highest BCUT2D eigenvalue weighted by atomic mass is 35.5. The summed E-state index contributed by atoms with van der Waals surface area (Å²) in [6, 6.07) is 8.33. The van der Waals surface area contributed by atoms with Crippen LogP contribution in [-0.4, -0.2) is 9.78 Å². The smallest absolute Gasteiger partial charge is 0.387 e. The summed E-state index contributed by atoms with van der Waals surface area (Å²) in [5.74, 6) is -3.07. The Balaban J connectivity index is 2.23. The lowest BCUT2D eigenvalue weighted by Gasteiger charge is -2.05. The Bertz CT molecular complexity index is 878. The molecule has 0 aliphatic carbocycles. The van der Waals surface area contributed by atoms with Crippen molar-refractivity contribution in [2.24, 2.45) is 0 Å². The van der Waals surface area contributed by atoms with Gasteiger partial charge in [-0.05, 0) is 30.7 Å². The molecular formula is C15H9ClF2N2O2. The van der Waals surface area contributed by atoms with E-state index in [1.165, 1.54) is 6.07 Å². The molecule has 0 saturated heterocycles. The SMILES string of the molecule is Cc1cccc(Cl)c1-n1nc(-c2c(F)cccc2F)oc1=O. The van der Waals surface area contributed by atoms with Crippen LogP contribution in [-0.2, 0) is 0 Å². The van der Waals surface area contributed by atoms with Crippen molar-refractivity contribution >= 4 is 11.6 Å². The molecule has 22 heavy (non-hydrogen) atoms. The van der Waals surface area contributed by atoms with E-state index in [9.17, 15) is 13.6 Å². The van der Waals surface area contributed by atoms with E-state index in [1.54, 1.807) is 25.1 Å². The number of hydrogen-bond acceptors (Lipinski definition) is 3. The molecule has 0 fully saturated rings. The van der Waals surface area contributed by atoms with Crippen LogP contribution in [0.1, 0.15) is 5.56 Å². The van der Waals surface area contributed by atoms with Gasteiger partial charge in [-0.25, -0.2) is 13.6 Å². The van der Waals surface area contributed by atoms with Crippen molar-refractivity contribution in [3.63, 3.8) is 0 Å². The number of hydrogen-bond donors (Lipinski definition) is 0. The second-order valence-electron chi connectivity index (χ2n) is 4.59. The van der Waals surface area contributed by atoms with Crippen LogP contribution in [0.2, 0.25) is 5.02 Å². The summed E-state index contributed by atoms with van der Waals surface area (Å²) in [4.78, 5) is 12.0. The Hall–Kier alpha value is -2.47. The first-order valence-corrected chi connectivity index (χ1v) is 6.67. The van der Waals surface area contributed by atoms with Crippen LogP contribution < -0.4 is 5.76 Å². The lowest BCUT2D eigenvalue weighted by Crippen LogP contribution is -2.15. The van der Waals surface area contributed by atoms with Crippen molar-refractivity contribution in [3.05, 3.63) is 69.2 Å². The minimum Gasteiger partial charge on any atom is -0.387 e. The standard InChI is InChI=1S/C15H9ClF2N2O2/c1-8-4-2-5-9(16)13(8)20-15(21)22-14(19-20)12-10(17)6-3-7-11(12)18/h2-7H,1H3. The molecule has 0 N–H and O–H groups in total. The Kier molecular flexibility index (Phi) is 3.54. The highest BCUT2D eigenvalue weighted by molar-refractivity contribution is 6.32. The summed E-state index contributed by atoms with van der Waals surface area (Å²) in [6.07, 6.45) is 0. The molecule has 7 heteroatoms. The van der Waals surface area contributed by atoms with Crippen molar-refractivity contribution in [3.8, 4) is 17.1 Å². The largest absolute Gasteiger partial charge is 0.442 e. The number of aromatic nitrogens is 2. The van der Waals surface area contributed by atoms with Gasteiger partial charge in [0.1, 0.15) is 17.2 Å². The van der Waals surface area contributed by atoms with Crippen LogP contribution in [0.5, 0.6) is 0 Å². The van der Waals surface area contributed by atoms with Crippen LogP contribution >= 0.6 is 11.6 Å². The van der Waals surface area contributed by atoms with E-state index in [4.69, 9.17) is 16.0 Å². The van der Waals surface area contributed by atoms with Gasteiger partial charge in [0.25, 0.3) is 5.89 Å². The average molecular weight is 323 g/mol. The fraction of sp³-hybridized carbons (Fsp3) is 0.0667. The molecule has 0 spiro atoms. The molecule has 1 aromatic heterocycles. The third-order valence-electron chi connectivity index (χ3n) is 3.12. The predicted molar refractivity (Wildman–Crippen MR) is 77.2 cm³/mol. The normalized spacial score (nSPS) is 10.9. The molecule has 2 aromatic carbocycles. The van der Waals surface area contributed by atoms with Crippen molar-refractivity contribution in [2.45, 2.75) is 6.92 Å². The summed E-state index contributed by atoms with van der Waals surface area (Å²) in [5, 5.41) is 4.14. The first-order valence-electron chi connectivity index (χ1n) is 6.29. The number of nitrogens with zero attached hydrogens (tertiary/aromatic N) is 2. The minimum absolute atomic E-state index is 0.274. The van der Waals surface area contributed by atoms with Crippen LogP contribution in [0, 0.1) is 18.6 Å². The summed E-state index contributed by atoms with van der Waals surface area (Å²) in [6.45, 7) is 1.73. The van der Waals surface area contributed by atoms with Gasteiger partial charge < -0.3 is 4.42 Å². The maximum absolute atomic E-state index is 13.8. The number of halogens is 3. The molecule has 0 bridgehead atoms. The second-order valence-corrected chi connectivity index (χ2v) is 4.99. The molecule has 0 saturated carbocycles. The van der Waals surface area contributed by atoms with Gasteiger partial charge in [-0.3, -0.25) is 0 Å². The fourth-order valence-corrected chi connectivity index (χ4v) is 2.42. The van der Waals surface area contributed by atoms with E-state index in [0.29, 0.717) is 11.3 Å². The molecule has 1 heterocycles. The molecule has 0 unspecified atom stereocenters. The average Bonchev–Trinajstić information content (AvgIpc) is 2.80. The molecular weight excluding hydrogens is 314 g/mol. The Morgan fingerprint density at radius 2 is 1.77 bits per heavy atom. The van der Waals surface area contributed by atoms with Gasteiger partial charge in [-0.15, -0.1) is 5.10 Å². The molecule has 0 aliphatic rings. The first-order chi connectivity index (χ1) is 10.5. The first kappa shape index (κ1) is 14.5. The summed E-state index contributed by atoms with van der Waals surface area (Å²) in [5.41, 5.74) is 0.479. The summed E-state index contributed by atoms with van der Waals surface area (Å²) < 4.78 is 33.3. The van der Waals surface area contributed by atoms with Crippen LogP contribution in [0.15, 0.2) is 45.6 Å². The number of rotatable bonds is 2. The third kappa shape index (κ3) is 2.31. The minimum atomic E-state index is -0.881. The number of benzene rings is 2. The van der Waals surface area contributed by atoms with E-state index in [-0.39, 0.29) is 5.02 Å². The van der Waals surface area contributed by atoms with E-state index in [0.717, 1.165) is 16.8 Å². The van der Waals surface area contributed by atoms with Gasteiger partial charge >= 0.3 is 5.76 Å². The van der Waals surface area contributed by atoms with E-state index in [2.05, 4.69) is 5.10 Å². The van der Waals surface area contributed by atoms with E-state index >= 15 is 0 Å². The maximum atomic E-state index is 13.8. The van der Waals surface area contributed by atoms with Gasteiger partial charge in [0, 0.05) is 0 Å². The van der Waals surface area contributed by atoms with Gasteiger partial charge in [-0.2, -0.15) is 4.68 Å². The maximum Gasteiger partial charge on any atom is 0.442 e. The summed E-state index contributed by atoms with van der Waals surface area (Å²) >= 11 is 6.06. The van der Waals surface area contributed by atoms with Crippen LogP contribution in [0.4, 0.5) is 8.78 Å². The highest BCUT2D eigenvalue weighted by Crippen LogP contribution is 2.26. The molecule has 0 atom stereocenters. The highest BCUT2D eigenvalue weighted by Gasteiger charge is 2.20. The molecule has 0 aliphatic heterocycles. The van der Waals surface area contributed by atoms with Crippen molar-refractivity contribution in [1.29, 1.82) is 0 Å². The fourth-order valence-electron chi connectivity index (χ4n) is 2.11. The van der Waals surface area contributed by atoms with Crippen LogP contribution in [0.25, 0.3) is 17.1 Å². The van der Waals surface area contributed by atoms with Crippen LogP contribution in [0.3, 0.4) is 0 Å². The molecule has 0 radical (unpaired) electrons. The molecule has 0 amide bonds. The number of para-hydroxylation sites is 1. The monoisotopic (exact) mass is 322 g/mol. The lowest BCUT2D eigenvalue weighted by atomic mass is 10.2. The summed E-state index contributed by atoms with van der Waals surface area (Å²) in [7, 11) is 0. The second kappa shape index (κ2) is 5.38. The van der Waals surface area contributed by atoms with Crippen molar-refractivity contribution < 1.29 is 13.2 Å². The molecule has 4 nitrogen and oxygen atoms in total. The molecule has 3 rings (SSSR count). The molecule has 3 aromatic rings. The van der Waals surface area contributed by atoms with Gasteiger partial charge in [0.15, 0.2) is 0 Å². The molecule has 112 valence electrons. The van der Waals surface area contributed by atoms with Crippen molar-refractivity contribution in [2.75, 3.05) is 0 Å². The van der Waals surface area contributed by atoms with E-state index in [1.807, 2.05) is 0 Å². The third-order valence-corrected chi connectivity index (χ3v) is 3.43. The Morgan fingerprint density at radius 3 is 2.41 bits per heavy atom. The predicted octanol–water partition coefficient (Wildman–Crippen LogP) is 3.73. The Morgan fingerprint density at radius 1 is 1.14 bits per heavy atom. The quantitative estimate of drug-likeness (QED) is 0.722. The zero-order chi connectivity index (χ0) is 15.9. The van der Waals surface area contributed by atoms with Gasteiger partial charge in [0.05, 0.1) is 10.7 Å².